The first-order valence-electron chi connectivity index (χ1n) is 9.50. The number of unbranched alkanes of at least 4 members (excludes halogenated alkanes) is 11. The third kappa shape index (κ3) is 8.57. The summed E-state index contributed by atoms with van der Waals surface area (Å²) in [6, 6.07) is 2.08. The number of nitrogens with one attached hydrogen (secondary N) is 1. The Morgan fingerprint density at radius 3 is 1.77 bits per heavy atom. The molecule has 3 nitrogen and oxygen atoms in total. The zero-order chi connectivity index (χ0) is 16.1. The van der Waals surface area contributed by atoms with Gasteiger partial charge in [-0.25, -0.2) is 5.10 Å². The molecule has 0 amide bonds. The third-order valence-corrected chi connectivity index (χ3v) is 4.71. The molecule has 0 aliphatic heterocycles. The fourth-order valence-corrected chi connectivity index (χ4v) is 3.05. The van der Waals surface area contributed by atoms with Gasteiger partial charge >= 0.3 is 0 Å². The summed E-state index contributed by atoms with van der Waals surface area (Å²) in [4.78, 5) is 0. The van der Waals surface area contributed by atoms with Crippen LogP contribution in [-0.4, -0.2) is 30.8 Å². The molecule has 128 valence electrons. The van der Waals surface area contributed by atoms with E-state index in [2.05, 4.69) is 37.3 Å². The van der Waals surface area contributed by atoms with Gasteiger partial charge in [-0.2, -0.15) is 5.10 Å². The van der Waals surface area contributed by atoms with Crippen LogP contribution in [-0.2, 0) is 0 Å². The van der Waals surface area contributed by atoms with Crippen LogP contribution in [0.15, 0.2) is 12.3 Å². The van der Waals surface area contributed by atoms with Gasteiger partial charge in [0.2, 0.25) is 5.82 Å². The molecule has 3 heteroatoms. The first kappa shape index (κ1) is 19.2. The van der Waals surface area contributed by atoms with Gasteiger partial charge in [0, 0.05) is 6.07 Å². The van der Waals surface area contributed by atoms with Crippen molar-refractivity contribution in [3.05, 3.63) is 12.3 Å². The van der Waals surface area contributed by atoms with Gasteiger partial charge < -0.3 is 0 Å². The molecule has 0 aliphatic rings. The second kappa shape index (κ2) is 11.7. The van der Waals surface area contributed by atoms with Gasteiger partial charge in [-0.3, -0.25) is 4.48 Å². The van der Waals surface area contributed by atoms with E-state index in [-0.39, 0.29) is 0 Å². The van der Waals surface area contributed by atoms with E-state index < -0.39 is 0 Å². The van der Waals surface area contributed by atoms with Crippen LogP contribution in [0, 0.1) is 0 Å². The van der Waals surface area contributed by atoms with E-state index in [1.807, 2.05) is 6.20 Å². The average Bonchev–Trinajstić information content (AvgIpc) is 3.03. The zero-order valence-corrected chi connectivity index (χ0v) is 15.2. The minimum atomic E-state index is 0.914. The molecule has 1 aromatic rings. The summed E-state index contributed by atoms with van der Waals surface area (Å²) in [6.45, 7) is 3.48. The van der Waals surface area contributed by atoms with Gasteiger partial charge in [-0.1, -0.05) is 71.1 Å². The standard InChI is InChI=1S/C19H38N3/c1-4-5-6-7-8-9-10-11-12-13-14-15-18-22(2,3)19-16-17-20-21-19/h16-17H,4-15,18H2,1-3H3,(H,20,21)/q+1. The maximum absolute atomic E-state index is 4.06. The number of hydrogen-bond donors (Lipinski definition) is 1. The molecule has 22 heavy (non-hydrogen) atoms. The Bertz CT molecular complexity index is 344. The minimum Gasteiger partial charge on any atom is -0.280 e. The third-order valence-electron chi connectivity index (χ3n) is 4.71. The van der Waals surface area contributed by atoms with Crippen molar-refractivity contribution in [1.29, 1.82) is 0 Å². The largest absolute Gasteiger partial charge is 0.280 e. The van der Waals surface area contributed by atoms with Crippen molar-refractivity contribution in [1.82, 2.24) is 14.7 Å². The molecule has 1 N–H and O–H groups in total. The molecular weight excluding hydrogens is 270 g/mol. The second-order valence-electron chi connectivity index (χ2n) is 7.24. The van der Waals surface area contributed by atoms with Gasteiger partial charge in [0.1, 0.15) is 0 Å². The number of H-pyrrole nitrogens is 1. The molecule has 0 radical (unpaired) electrons. The summed E-state index contributed by atoms with van der Waals surface area (Å²) >= 11 is 0. The molecule has 0 spiro atoms. The quantitative estimate of drug-likeness (QED) is 0.348. The van der Waals surface area contributed by atoms with Crippen LogP contribution in [0.25, 0.3) is 0 Å². The van der Waals surface area contributed by atoms with Gasteiger partial charge in [-0.15, -0.1) is 0 Å². The summed E-state index contributed by atoms with van der Waals surface area (Å²) in [6.07, 6.45) is 18.8. The molecule has 0 fully saturated rings. The topological polar surface area (TPSA) is 28.7 Å². The second-order valence-corrected chi connectivity index (χ2v) is 7.24. The van der Waals surface area contributed by atoms with Crippen molar-refractivity contribution >= 4 is 5.82 Å². The van der Waals surface area contributed by atoms with E-state index in [4.69, 9.17) is 0 Å². The monoisotopic (exact) mass is 308 g/mol. The Hall–Kier alpha value is -0.830. The van der Waals surface area contributed by atoms with Crippen molar-refractivity contribution in [2.75, 3.05) is 20.6 Å². The van der Waals surface area contributed by atoms with Crippen LogP contribution in [0.3, 0.4) is 0 Å². The number of quaternary nitrogens is 1. The lowest BCUT2D eigenvalue weighted by atomic mass is 10.1. The summed E-state index contributed by atoms with van der Waals surface area (Å²) in [5.74, 6) is 1.21. The maximum atomic E-state index is 4.06. The highest BCUT2D eigenvalue weighted by atomic mass is 15.4. The number of nitrogens with zero attached hydrogens (tertiary/aromatic N) is 2. The molecule has 0 aromatic carbocycles. The summed E-state index contributed by atoms with van der Waals surface area (Å²) in [7, 11) is 4.51. The lowest BCUT2D eigenvalue weighted by molar-refractivity contribution is 0.372. The fourth-order valence-electron chi connectivity index (χ4n) is 3.05. The van der Waals surface area contributed by atoms with Gasteiger partial charge in [0.05, 0.1) is 26.8 Å². The maximum Gasteiger partial charge on any atom is 0.222 e. The molecule has 0 aliphatic carbocycles. The first-order valence-corrected chi connectivity index (χ1v) is 9.50. The molecule has 1 aromatic heterocycles. The highest BCUT2D eigenvalue weighted by molar-refractivity contribution is 5.29. The summed E-state index contributed by atoms with van der Waals surface area (Å²) in [5.41, 5.74) is 0. The van der Waals surface area contributed by atoms with Crippen LogP contribution in [0.1, 0.15) is 84.0 Å². The van der Waals surface area contributed by atoms with E-state index >= 15 is 0 Å². The van der Waals surface area contributed by atoms with Gasteiger partial charge in [0.15, 0.2) is 0 Å². The highest BCUT2D eigenvalue weighted by Crippen LogP contribution is 2.16. The SMILES string of the molecule is CCCCCCCCCCCCCC[N+](C)(C)c1ccn[nH]1. The number of aromatic amines is 1. The molecule has 0 saturated carbocycles. The predicted octanol–water partition coefficient (Wildman–Crippen LogP) is 5.68. The van der Waals surface area contributed by atoms with Crippen molar-refractivity contribution in [2.24, 2.45) is 0 Å². The van der Waals surface area contributed by atoms with Crippen LogP contribution in [0.2, 0.25) is 0 Å². The van der Waals surface area contributed by atoms with Crippen molar-refractivity contribution in [3.63, 3.8) is 0 Å². The van der Waals surface area contributed by atoms with Crippen LogP contribution in [0.4, 0.5) is 5.82 Å². The zero-order valence-electron chi connectivity index (χ0n) is 15.2. The Morgan fingerprint density at radius 1 is 0.818 bits per heavy atom. The fraction of sp³-hybridized carbons (Fsp3) is 0.842. The van der Waals surface area contributed by atoms with E-state index in [0.717, 1.165) is 4.48 Å². The molecule has 1 heterocycles. The van der Waals surface area contributed by atoms with E-state index in [9.17, 15) is 0 Å². The van der Waals surface area contributed by atoms with E-state index in [1.165, 1.54) is 89.4 Å². The molecule has 0 saturated heterocycles. The Kier molecular flexibility index (Phi) is 10.2. The lowest BCUT2D eigenvalue weighted by Crippen LogP contribution is -2.41. The number of hydrogen-bond acceptors (Lipinski definition) is 1. The predicted molar refractivity (Wildman–Crippen MR) is 98.2 cm³/mol. The van der Waals surface area contributed by atoms with E-state index in [1.54, 1.807) is 0 Å². The van der Waals surface area contributed by atoms with Crippen LogP contribution >= 0.6 is 0 Å². The Labute approximate surface area is 138 Å². The summed E-state index contributed by atoms with van der Waals surface area (Å²) in [5, 5.41) is 7.15. The minimum absolute atomic E-state index is 0.914. The lowest BCUT2D eigenvalue weighted by Gasteiger charge is -2.26. The Balaban J connectivity index is 1.88. The van der Waals surface area contributed by atoms with E-state index in [0.29, 0.717) is 0 Å². The molecular formula is C19H38N3+. The first-order chi connectivity index (χ1) is 10.7. The molecule has 1 rings (SSSR count). The number of aromatic nitrogens is 2. The van der Waals surface area contributed by atoms with Crippen molar-refractivity contribution in [2.45, 2.75) is 84.0 Å². The van der Waals surface area contributed by atoms with Crippen LogP contribution in [0.5, 0.6) is 0 Å². The molecule has 0 bridgehead atoms. The molecule has 0 unspecified atom stereocenters. The number of rotatable bonds is 14. The smallest absolute Gasteiger partial charge is 0.222 e. The highest BCUT2D eigenvalue weighted by Gasteiger charge is 2.19. The summed E-state index contributed by atoms with van der Waals surface area (Å²) < 4.78 is 0.914. The van der Waals surface area contributed by atoms with Gasteiger partial charge in [0.25, 0.3) is 0 Å². The Morgan fingerprint density at radius 2 is 1.32 bits per heavy atom. The van der Waals surface area contributed by atoms with Crippen LogP contribution < -0.4 is 4.48 Å². The van der Waals surface area contributed by atoms with Crippen molar-refractivity contribution < 1.29 is 0 Å². The molecule has 0 atom stereocenters. The van der Waals surface area contributed by atoms with Crippen molar-refractivity contribution in [3.8, 4) is 0 Å². The average molecular weight is 309 g/mol. The normalized spacial score (nSPS) is 12.0. The van der Waals surface area contributed by atoms with Gasteiger partial charge in [-0.05, 0) is 12.8 Å².